The Bertz CT molecular complexity index is 576. The van der Waals surface area contributed by atoms with Crippen molar-refractivity contribution in [3.63, 3.8) is 0 Å². The number of nitrogen functional groups attached to an aromatic ring is 1. The zero-order valence-electron chi connectivity index (χ0n) is 11.0. The van der Waals surface area contributed by atoms with Crippen molar-refractivity contribution in [3.8, 4) is 22.8 Å². The van der Waals surface area contributed by atoms with Crippen LogP contribution in [0.15, 0.2) is 12.1 Å². The van der Waals surface area contributed by atoms with Crippen LogP contribution in [0.1, 0.15) is 11.1 Å². The quantitative estimate of drug-likeness (QED) is 0.872. The lowest BCUT2D eigenvalue weighted by Crippen LogP contribution is -1.94. The summed E-state index contributed by atoms with van der Waals surface area (Å²) in [6, 6.07) is 3.86. The van der Waals surface area contributed by atoms with Crippen LogP contribution in [-0.2, 0) is 0 Å². The number of hydrogen-bond acceptors (Lipinski definition) is 4. The molecule has 3 N–H and O–H groups in total. The maximum Gasteiger partial charge on any atom is 0.148 e. The Morgan fingerprint density at radius 1 is 1.11 bits per heavy atom. The third-order valence-electron chi connectivity index (χ3n) is 3.03. The molecule has 0 bridgehead atoms. The molecular weight excluding hydrogens is 230 g/mol. The summed E-state index contributed by atoms with van der Waals surface area (Å²) in [6.45, 7) is 3.89. The second kappa shape index (κ2) is 4.60. The molecule has 0 saturated heterocycles. The fourth-order valence-electron chi connectivity index (χ4n) is 1.92. The molecule has 1 aromatic carbocycles. The fourth-order valence-corrected chi connectivity index (χ4v) is 1.92. The molecule has 5 heteroatoms. The van der Waals surface area contributed by atoms with Gasteiger partial charge >= 0.3 is 0 Å². The van der Waals surface area contributed by atoms with E-state index in [0.717, 1.165) is 33.9 Å². The molecule has 0 aliphatic rings. The molecule has 0 unspecified atom stereocenters. The van der Waals surface area contributed by atoms with E-state index in [9.17, 15) is 0 Å². The molecule has 0 spiro atoms. The zero-order chi connectivity index (χ0) is 13.3. The van der Waals surface area contributed by atoms with Gasteiger partial charge in [0.15, 0.2) is 0 Å². The standard InChI is InChI=1S/C13H17N3O2/c1-7-5-11(18-4)9(6-10(7)17-3)12-8(2)13(14)16-15-12/h5-6H,1-4H3,(H3,14,15,16). The van der Waals surface area contributed by atoms with Gasteiger partial charge in [0.05, 0.1) is 19.9 Å². The number of nitrogens with two attached hydrogens (primary N) is 1. The van der Waals surface area contributed by atoms with E-state index in [4.69, 9.17) is 15.2 Å². The van der Waals surface area contributed by atoms with Crippen LogP contribution >= 0.6 is 0 Å². The summed E-state index contributed by atoms with van der Waals surface area (Å²) < 4.78 is 10.7. The van der Waals surface area contributed by atoms with Gasteiger partial charge in [0, 0.05) is 11.1 Å². The van der Waals surface area contributed by atoms with Crippen molar-refractivity contribution >= 4 is 5.82 Å². The summed E-state index contributed by atoms with van der Waals surface area (Å²) in [5, 5.41) is 6.93. The van der Waals surface area contributed by atoms with E-state index in [1.807, 2.05) is 26.0 Å². The number of hydrogen-bond donors (Lipinski definition) is 2. The van der Waals surface area contributed by atoms with Gasteiger partial charge in [-0.25, -0.2) is 0 Å². The number of nitrogens with one attached hydrogen (secondary N) is 1. The largest absolute Gasteiger partial charge is 0.496 e. The lowest BCUT2D eigenvalue weighted by atomic mass is 10.0. The van der Waals surface area contributed by atoms with E-state index in [1.54, 1.807) is 14.2 Å². The highest BCUT2D eigenvalue weighted by molar-refractivity contribution is 5.75. The van der Waals surface area contributed by atoms with E-state index >= 15 is 0 Å². The Morgan fingerprint density at radius 2 is 1.78 bits per heavy atom. The summed E-state index contributed by atoms with van der Waals surface area (Å²) in [7, 11) is 3.28. The summed E-state index contributed by atoms with van der Waals surface area (Å²) in [5.41, 5.74) is 9.41. The van der Waals surface area contributed by atoms with Crippen LogP contribution in [0.3, 0.4) is 0 Å². The van der Waals surface area contributed by atoms with Crippen molar-refractivity contribution in [2.45, 2.75) is 13.8 Å². The third-order valence-corrected chi connectivity index (χ3v) is 3.03. The maximum absolute atomic E-state index is 5.76. The predicted molar refractivity (Wildman–Crippen MR) is 71.0 cm³/mol. The number of rotatable bonds is 3. The van der Waals surface area contributed by atoms with Gasteiger partial charge in [-0.3, -0.25) is 5.10 Å². The highest BCUT2D eigenvalue weighted by Gasteiger charge is 2.15. The van der Waals surface area contributed by atoms with E-state index < -0.39 is 0 Å². The number of benzene rings is 1. The van der Waals surface area contributed by atoms with Crippen LogP contribution in [-0.4, -0.2) is 24.4 Å². The molecule has 2 aromatic rings. The number of anilines is 1. The predicted octanol–water partition coefficient (Wildman–Crippen LogP) is 2.29. The summed E-state index contributed by atoms with van der Waals surface area (Å²) in [4.78, 5) is 0. The second-order valence-electron chi connectivity index (χ2n) is 4.13. The summed E-state index contributed by atoms with van der Waals surface area (Å²) in [6.07, 6.45) is 0. The molecule has 5 nitrogen and oxygen atoms in total. The highest BCUT2D eigenvalue weighted by Crippen LogP contribution is 2.37. The Hall–Kier alpha value is -2.17. The van der Waals surface area contributed by atoms with Gasteiger partial charge in [-0.15, -0.1) is 0 Å². The maximum atomic E-state index is 5.76. The number of H-pyrrole nitrogens is 1. The van der Waals surface area contributed by atoms with Crippen LogP contribution in [0.25, 0.3) is 11.3 Å². The van der Waals surface area contributed by atoms with Crippen molar-refractivity contribution < 1.29 is 9.47 Å². The number of aryl methyl sites for hydroxylation is 1. The topological polar surface area (TPSA) is 73.2 Å². The number of ether oxygens (including phenoxy) is 2. The number of aromatic nitrogens is 2. The Labute approximate surface area is 106 Å². The van der Waals surface area contributed by atoms with Crippen molar-refractivity contribution in [1.29, 1.82) is 0 Å². The lowest BCUT2D eigenvalue weighted by molar-refractivity contribution is 0.401. The summed E-state index contributed by atoms with van der Waals surface area (Å²) >= 11 is 0. The molecule has 0 saturated carbocycles. The molecule has 1 aromatic heterocycles. The molecule has 0 atom stereocenters. The Kier molecular flexibility index (Phi) is 3.14. The first-order chi connectivity index (χ1) is 8.58. The first-order valence-electron chi connectivity index (χ1n) is 5.62. The van der Waals surface area contributed by atoms with E-state index in [1.165, 1.54) is 0 Å². The van der Waals surface area contributed by atoms with Crippen LogP contribution in [0.4, 0.5) is 5.82 Å². The summed E-state index contributed by atoms with van der Waals surface area (Å²) in [5.74, 6) is 2.06. The van der Waals surface area contributed by atoms with Gasteiger partial charge in [-0.05, 0) is 31.5 Å². The van der Waals surface area contributed by atoms with Gasteiger partial charge in [0.2, 0.25) is 0 Å². The van der Waals surface area contributed by atoms with E-state index in [2.05, 4.69) is 10.2 Å². The molecule has 0 fully saturated rings. The first-order valence-corrected chi connectivity index (χ1v) is 5.62. The van der Waals surface area contributed by atoms with Crippen LogP contribution in [0.5, 0.6) is 11.5 Å². The van der Waals surface area contributed by atoms with Crippen molar-refractivity contribution in [3.05, 3.63) is 23.3 Å². The van der Waals surface area contributed by atoms with Crippen LogP contribution in [0.2, 0.25) is 0 Å². The normalized spacial score (nSPS) is 10.4. The van der Waals surface area contributed by atoms with Gasteiger partial charge in [0.25, 0.3) is 0 Å². The third kappa shape index (κ3) is 1.88. The van der Waals surface area contributed by atoms with Gasteiger partial charge in [-0.2, -0.15) is 5.10 Å². The van der Waals surface area contributed by atoms with Crippen molar-refractivity contribution in [2.75, 3.05) is 20.0 Å². The number of aromatic amines is 1. The van der Waals surface area contributed by atoms with Crippen molar-refractivity contribution in [1.82, 2.24) is 10.2 Å². The van der Waals surface area contributed by atoms with Crippen molar-refractivity contribution in [2.24, 2.45) is 0 Å². The molecule has 1 heterocycles. The monoisotopic (exact) mass is 247 g/mol. The molecule has 0 radical (unpaired) electrons. The molecule has 0 aliphatic carbocycles. The van der Waals surface area contributed by atoms with Gasteiger partial charge in [-0.1, -0.05) is 0 Å². The molecule has 96 valence electrons. The fraction of sp³-hybridized carbons (Fsp3) is 0.308. The second-order valence-corrected chi connectivity index (χ2v) is 4.13. The first kappa shape index (κ1) is 12.3. The zero-order valence-corrected chi connectivity index (χ0v) is 11.0. The minimum Gasteiger partial charge on any atom is -0.496 e. The molecule has 18 heavy (non-hydrogen) atoms. The Morgan fingerprint density at radius 3 is 2.28 bits per heavy atom. The van der Waals surface area contributed by atoms with Crippen LogP contribution in [0, 0.1) is 13.8 Å². The smallest absolute Gasteiger partial charge is 0.148 e. The van der Waals surface area contributed by atoms with E-state index in [0.29, 0.717) is 5.82 Å². The molecule has 2 rings (SSSR count). The van der Waals surface area contributed by atoms with Crippen LogP contribution < -0.4 is 15.2 Å². The molecule has 0 amide bonds. The number of methoxy groups -OCH3 is 2. The van der Waals surface area contributed by atoms with Gasteiger partial charge in [0.1, 0.15) is 17.3 Å². The van der Waals surface area contributed by atoms with Gasteiger partial charge < -0.3 is 15.2 Å². The highest BCUT2D eigenvalue weighted by atomic mass is 16.5. The average molecular weight is 247 g/mol. The molecule has 0 aliphatic heterocycles. The number of nitrogens with zero attached hydrogens (tertiary/aromatic N) is 1. The SMILES string of the molecule is COc1cc(-c2[nH]nc(N)c2C)c(OC)cc1C. The lowest BCUT2D eigenvalue weighted by Gasteiger charge is -2.12. The minimum atomic E-state index is 0.492. The Balaban J connectivity index is 2.65. The van der Waals surface area contributed by atoms with E-state index in [-0.39, 0.29) is 0 Å². The average Bonchev–Trinajstić information content (AvgIpc) is 2.70. The molecular formula is C13H17N3O2. The minimum absolute atomic E-state index is 0.492.